The zero-order valence-electron chi connectivity index (χ0n) is 15.5. The molecule has 4 heteroatoms. The van der Waals surface area contributed by atoms with E-state index < -0.39 is 0 Å². The van der Waals surface area contributed by atoms with E-state index >= 15 is 0 Å². The van der Waals surface area contributed by atoms with Crippen LogP contribution in [0.25, 0.3) is 0 Å². The van der Waals surface area contributed by atoms with Gasteiger partial charge in [-0.15, -0.1) is 0 Å². The molecule has 142 valence electrons. The first kappa shape index (κ1) is 21.3. The Morgan fingerprint density at radius 2 is 0.769 bits per heavy atom. The summed E-state index contributed by atoms with van der Waals surface area (Å²) in [6.45, 7) is 2.15. The van der Waals surface area contributed by atoms with Crippen molar-refractivity contribution in [2.45, 2.75) is 51.4 Å². The van der Waals surface area contributed by atoms with Crippen molar-refractivity contribution in [1.82, 2.24) is 0 Å². The lowest BCUT2D eigenvalue weighted by Crippen LogP contribution is -2.10. The molecule has 26 heavy (non-hydrogen) atoms. The first-order chi connectivity index (χ1) is 12.8. The summed E-state index contributed by atoms with van der Waals surface area (Å²) in [7, 11) is 0. The van der Waals surface area contributed by atoms with Crippen molar-refractivity contribution in [2.75, 3.05) is 20.9 Å². The van der Waals surface area contributed by atoms with Crippen molar-refractivity contribution in [2.24, 2.45) is 0 Å². The second kappa shape index (κ2) is 13.2. The fourth-order valence-electron chi connectivity index (χ4n) is 3.00. The number of hydrogen-bond donors (Lipinski definition) is 0. The van der Waals surface area contributed by atoms with E-state index in [0.717, 1.165) is 13.1 Å². The largest absolute Gasteiger partial charge is 0.309 e. The number of halogens is 2. The number of unbranched alkanes of at least 4 members (excludes halogenated alkanes) is 7. The Balaban J connectivity index is 1.40. The molecule has 0 saturated carbocycles. The Morgan fingerprint density at radius 1 is 0.462 bits per heavy atom. The second-order valence-corrected chi connectivity index (χ2v) is 8.38. The van der Waals surface area contributed by atoms with Crippen LogP contribution < -0.4 is 7.85 Å². The van der Waals surface area contributed by atoms with Gasteiger partial charge in [-0.25, -0.2) is 0 Å². The fraction of sp³-hybridized carbons (Fsp3) is 0.455. The second-order valence-electron chi connectivity index (χ2n) is 6.67. The summed E-state index contributed by atoms with van der Waals surface area (Å²) in [4.78, 5) is 0. The van der Waals surface area contributed by atoms with Crippen LogP contribution in [0, 0.1) is 0 Å². The Bertz CT molecular complexity index is 524. The Kier molecular flexibility index (Phi) is 10.8. The standard InChI is InChI=1S/C22H30Br2N2/c23-25(21-15-9-7-10-16-21)19-13-5-3-1-2-4-6-14-20-26(24)22-17-11-8-12-18-22/h7-12,15-18H,1-6,13-14,19-20H2. The molecule has 0 aromatic heterocycles. The van der Waals surface area contributed by atoms with E-state index in [1.165, 1.54) is 62.7 Å². The number of para-hydroxylation sites is 2. The third-order valence-corrected chi connectivity index (χ3v) is 6.06. The molecule has 0 atom stereocenters. The van der Waals surface area contributed by atoms with Crippen molar-refractivity contribution in [3.63, 3.8) is 0 Å². The van der Waals surface area contributed by atoms with Crippen LogP contribution in [0.1, 0.15) is 51.4 Å². The molecule has 0 aliphatic carbocycles. The maximum absolute atomic E-state index is 3.65. The lowest BCUT2D eigenvalue weighted by Gasteiger charge is -2.16. The molecule has 0 amide bonds. The Hall–Kier alpha value is -1.00. The number of nitrogens with zero attached hydrogens (tertiary/aromatic N) is 2. The predicted octanol–water partition coefficient (Wildman–Crippen LogP) is 7.74. The molecular weight excluding hydrogens is 452 g/mol. The van der Waals surface area contributed by atoms with Gasteiger partial charge in [-0.1, -0.05) is 74.9 Å². The number of benzene rings is 2. The van der Waals surface area contributed by atoms with Gasteiger partial charge in [-0.05, 0) is 37.1 Å². The van der Waals surface area contributed by atoms with E-state index in [0.29, 0.717) is 0 Å². The fourth-order valence-corrected chi connectivity index (χ4v) is 3.97. The average molecular weight is 482 g/mol. The smallest absolute Gasteiger partial charge is 0.0496 e. The molecule has 0 fully saturated rings. The van der Waals surface area contributed by atoms with Gasteiger partial charge in [0.05, 0.1) is 0 Å². The molecule has 2 nitrogen and oxygen atoms in total. The van der Waals surface area contributed by atoms with E-state index in [4.69, 9.17) is 0 Å². The Labute approximate surface area is 176 Å². The number of rotatable bonds is 13. The molecule has 0 radical (unpaired) electrons. The van der Waals surface area contributed by atoms with Gasteiger partial charge in [0.2, 0.25) is 0 Å². The summed E-state index contributed by atoms with van der Waals surface area (Å²) in [5.41, 5.74) is 2.48. The molecule has 0 heterocycles. The van der Waals surface area contributed by atoms with Crippen LogP contribution in [0.2, 0.25) is 0 Å². The number of hydrogen-bond acceptors (Lipinski definition) is 2. The number of anilines is 2. The SMILES string of the molecule is BrN(CCCCCCCCCCN(Br)c1ccccc1)c1ccccc1. The van der Waals surface area contributed by atoms with E-state index in [1.54, 1.807) is 0 Å². The molecule has 0 saturated heterocycles. The third kappa shape index (κ3) is 8.59. The first-order valence-corrected chi connectivity index (χ1v) is 11.2. The van der Waals surface area contributed by atoms with Crippen LogP contribution in [-0.2, 0) is 0 Å². The third-order valence-electron chi connectivity index (χ3n) is 4.53. The lowest BCUT2D eigenvalue weighted by molar-refractivity contribution is 0.574. The van der Waals surface area contributed by atoms with Crippen LogP contribution in [-0.4, -0.2) is 13.1 Å². The van der Waals surface area contributed by atoms with E-state index in [2.05, 4.69) is 101 Å². The van der Waals surface area contributed by atoms with Gasteiger partial charge in [-0.2, -0.15) is 0 Å². The van der Waals surface area contributed by atoms with Crippen molar-refractivity contribution in [3.8, 4) is 0 Å². The molecule has 2 rings (SSSR count). The zero-order chi connectivity index (χ0) is 18.5. The average Bonchev–Trinajstić information content (AvgIpc) is 2.70. The van der Waals surface area contributed by atoms with Crippen LogP contribution in [0.3, 0.4) is 0 Å². The van der Waals surface area contributed by atoms with Crippen LogP contribution in [0.15, 0.2) is 60.7 Å². The highest BCUT2D eigenvalue weighted by Gasteiger charge is 2.02. The minimum absolute atomic E-state index is 1.07. The molecule has 0 N–H and O–H groups in total. The quantitative estimate of drug-likeness (QED) is 0.213. The van der Waals surface area contributed by atoms with Gasteiger partial charge in [0.15, 0.2) is 0 Å². The first-order valence-electron chi connectivity index (χ1n) is 9.74. The van der Waals surface area contributed by atoms with Crippen molar-refractivity contribution >= 4 is 43.7 Å². The molecule has 0 spiro atoms. The topological polar surface area (TPSA) is 6.48 Å². The minimum Gasteiger partial charge on any atom is -0.309 e. The van der Waals surface area contributed by atoms with E-state index in [-0.39, 0.29) is 0 Å². The van der Waals surface area contributed by atoms with Crippen LogP contribution in [0.5, 0.6) is 0 Å². The summed E-state index contributed by atoms with van der Waals surface area (Å²) >= 11 is 7.30. The predicted molar refractivity (Wildman–Crippen MR) is 122 cm³/mol. The summed E-state index contributed by atoms with van der Waals surface area (Å²) in [6, 6.07) is 21.0. The van der Waals surface area contributed by atoms with E-state index in [9.17, 15) is 0 Å². The van der Waals surface area contributed by atoms with Crippen LogP contribution in [0.4, 0.5) is 11.4 Å². The van der Waals surface area contributed by atoms with Gasteiger partial charge >= 0.3 is 0 Å². The molecule has 2 aromatic carbocycles. The highest BCUT2D eigenvalue weighted by atomic mass is 79.9. The summed E-state index contributed by atoms with van der Waals surface area (Å²) < 4.78 is 4.34. The van der Waals surface area contributed by atoms with E-state index in [1.807, 2.05) is 0 Å². The maximum Gasteiger partial charge on any atom is 0.0496 e. The molecule has 0 bridgehead atoms. The summed E-state index contributed by atoms with van der Waals surface area (Å²) in [5.74, 6) is 0. The maximum atomic E-state index is 3.65. The molecule has 2 aromatic rings. The Morgan fingerprint density at radius 3 is 1.12 bits per heavy atom. The van der Waals surface area contributed by atoms with Gasteiger partial charge in [-0.3, -0.25) is 0 Å². The van der Waals surface area contributed by atoms with Crippen molar-refractivity contribution in [1.29, 1.82) is 0 Å². The molecule has 0 aliphatic rings. The molecule has 0 unspecified atom stereocenters. The zero-order valence-corrected chi connectivity index (χ0v) is 18.7. The van der Waals surface area contributed by atoms with Gasteiger partial charge < -0.3 is 7.85 Å². The molecule has 0 aliphatic heterocycles. The van der Waals surface area contributed by atoms with Gasteiger partial charge in [0, 0.05) is 56.8 Å². The molecular formula is C22H30Br2N2. The lowest BCUT2D eigenvalue weighted by atomic mass is 10.1. The van der Waals surface area contributed by atoms with Crippen LogP contribution >= 0.6 is 32.3 Å². The van der Waals surface area contributed by atoms with Crippen molar-refractivity contribution < 1.29 is 0 Å². The summed E-state index contributed by atoms with van der Waals surface area (Å²) in [6.07, 6.45) is 10.6. The monoisotopic (exact) mass is 480 g/mol. The minimum atomic E-state index is 1.07. The summed E-state index contributed by atoms with van der Waals surface area (Å²) in [5, 5.41) is 0. The van der Waals surface area contributed by atoms with Gasteiger partial charge in [0.25, 0.3) is 0 Å². The van der Waals surface area contributed by atoms with Crippen molar-refractivity contribution in [3.05, 3.63) is 60.7 Å². The normalized spacial score (nSPS) is 10.7. The van der Waals surface area contributed by atoms with Gasteiger partial charge in [0.1, 0.15) is 0 Å². The highest BCUT2D eigenvalue weighted by Crippen LogP contribution is 2.19. The highest BCUT2D eigenvalue weighted by molar-refractivity contribution is 9.10.